The van der Waals surface area contributed by atoms with Gasteiger partial charge in [0.2, 0.25) is 0 Å². The molecule has 1 aliphatic heterocycles. The first kappa shape index (κ1) is 27.0. The number of halogens is 1. The van der Waals surface area contributed by atoms with Crippen LogP contribution in [-0.2, 0) is 9.84 Å². The summed E-state index contributed by atoms with van der Waals surface area (Å²) >= 11 is 0. The second kappa shape index (κ2) is 14.1. The van der Waals surface area contributed by atoms with Gasteiger partial charge < -0.3 is 15.5 Å². The van der Waals surface area contributed by atoms with E-state index in [2.05, 4.69) is 55.8 Å². The summed E-state index contributed by atoms with van der Waals surface area (Å²) in [5, 5.41) is 6.58. The lowest BCUT2D eigenvalue weighted by Crippen LogP contribution is -2.46. The third kappa shape index (κ3) is 10.8. The van der Waals surface area contributed by atoms with Gasteiger partial charge in [-0.15, -0.1) is 24.0 Å². The Labute approximate surface area is 199 Å². The van der Waals surface area contributed by atoms with Crippen LogP contribution in [0.25, 0.3) is 0 Å². The normalized spacial score (nSPS) is 16.6. The number of sulfone groups is 1. The van der Waals surface area contributed by atoms with Gasteiger partial charge in [0.05, 0.1) is 5.75 Å². The highest BCUT2D eigenvalue weighted by Gasteiger charge is 2.16. The Hall–Kier alpha value is -1.07. The first-order valence-corrected chi connectivity index (χ1v) is 12.6. The van der Waals surface area contributed by atoms with Gasteiger partial charge in [-0.05, 0) is 44.9 Å². The average molecular weight is 552 g/mol. The van der Waals surface area contributed by atoms with Gasteiger partial charge in [0.1, 0.15) is 9.84 Å². The highest BCUT2D eigenvalue weighted by Crippen LogP contribution is 2.15. The fraction of sp³-hybridized carbons (Fsp3) is 0.667. The first-order valence-electron chi connectivity index (χ1n) is 10.5. The number of unbranched alkanes of at least 4 members (excludes halogenated alkanes) is 1. The number of benzene rings is 1. The molecule has 0 spiro atoms. The molecule has 0 saturated carbocycles. The molecular weight excluding hydrogens is 513 g/mol. The zero-order valence-corrected chi connectivity index (χ0v) is 21.7. The molecule has 1 fully saturated rings. The Morgan fingerprint density at radius 2 is 1.80 bits per heavy atom. The van der Waals surface area contributed by atoms with Crippen LogP contribution in [-0.4, -0.2) is 83.6 Å². The van der Waals surface area contributed by atoms with Crippen molar-refractivity contribution in [2.24, 2.45) is 4.99 Å². The Morgan fingerprint density at radius 1 is 1.13 bits per heavy atom. The minimum Gasteiger partial charge on any atom is -0.369 e. The van der Waals surface area contributed by atoms with E-state index in [1.54, 1.807) is 7.05 Å². The van der Waals surface area contributed by atoms with Crippen molar-refractivity contribution in [2.75, 3.05) is 63.2 Å². The number of para-hydroxylation sites is 1. The molecule has 30 heavy (non-hydrogen) atoms. The zero-order valence-electron chi connectivity index (χ0n) is 18.5. The SMILES string of the molecule is CN=C(NCCCCN1CCN(c2ccccc2)CC1)NC(C)CCS(C)(=O)=O.I. The first-order chi connectivity index (χ1) is 13.9. The lowest BCUT2D eigenvalue weighted by atomic mass is 10.2. The molecule has 1 atom stereocenters. The number of aliphatic imine (C=N–C) groups is 1. The van der Waals surface area contributed by atoms with Crippen molar-refractivity contribution in [2.45, 2.75) is 32.2 Å². The van der Waals surface area contributed by atoms with Crippen LogP contribution in [0.1, 0.15) is 26.2 Å². The molecule has 1 aromatic carbocycles. The van der Waals surface area contributed by atoms with Gasteiger partial charge in [0, 0.05) is 57.8 Å². The third-order valence-corrected chi connectivity index (χ3v) is 6.19. The van der Waals surface area contributed by atoms with Crippen molar-refractivity contribution < 1.29 is 8.42 Å². The van der Waals surface area contributed by atoms with E-state index in [0.29, 0.717) is 6.42 Å². The summed E-state index contributed by atoms with van der Waals surface area (Å²) in [6.07, 6.45) is 4.08. The van der Waals surface area contributed by atoms with Gasteiger partial charge in [-0.3, -0.25) is 9.89 Å². The van der Waals surface area contributed by atoms with Crippen LogP contribution >= 0.6 is 24.0 Å². The van der Waals surface area contributed by atoms with E-state index in [1.807, 2.05) is 6.92 Å². The molecule has 0 amide bonds. The second-order valence-electron chi connectivity index (χ2n) is 7.83. The van der Waals surface area contributed by atoms with Crippen LogP contribution in [0, 0.1) is 0 Å². The maximum atomic E-state index is 11.3. The smallest absolute Gasteiger partial charge is 0.191 e. The fourth-order valence-electron chi connectivity index (χ4n) is 3.43. The van der Waals surface area contributed by atoms with Gasteiger partial charge in [-0.1, -0.05) is 18.2 Å². The van der Waals surface area contributed by atoms with E-state index >= 15 is 0 Å². The van der Waals surface area contributed by atoms with Crippen molar-refractivity contribution in [1.29, 1.82) is 0 Å². The van der Waals surface area contributed by atoms with Crippen LogP contribution < -0.4 is 15.5 Å². The molecule has 1 unspecified atom stereocenters. The average Bonchev–Trinajstić information content (AvgIpc) is 2.72. The van der Waals surface area contributed by atoms with Crippen molar-refractivity contribution in [3.63, 3.8) is 0 Å². The Morgan fingerprint density at radius 3 is 2.40 bits per heavy atom. The number of piperazine rings is 1. The molecule has 1 aromatic rings. The number of guanidine groups is 1. The fourth-order valence-corrected chi connectivity index (χ4v) is 4.21. The van der Waals surface area contributed by atoms with Crippen molar-refractivity contribution in [1.82, 2.24) is 15.5 Å². The number of anilines is 1. The van der Waals surface area contributed by atoms with Crippen LogP contribution in [0.5, 0.6) is 0 Å². The van der Waals surface area contributed by atoms with Crippen molar-refractivity contribution >= 4 is 45.5 Å². The highest BCUT2D eigenvalue weighted by atomic mass is 127. The molecule has 172 valence electrons. The maximum Gasteiger partial charge on any atom is 0.191 e. The molecule has 0 aliphatic carbocycles. The Balaban J connectivity index is 0.00000450. The van der Waals surface area contributed by atoms with Gasteiger partial charge in [-0.2, -0.15) is 0 Å². The number of nitrogens with zero attached hydrogens (tertiary/aromatic N) is 3. The Kier molecular flexibility index (Phi) is 12.7. The molecule has 0 bridgehead atoms. The highest BCUT2D eigenvalue weighted by molar-refractivity contribution is 14.0. The quantitative estimate of drug-likeness (QED) is 0.201. The van der Waals surface area contributed by atoms with Gasteiger partial charge in [0.25, 0.3) is 0 Å². The molecule has 0 aromatic heterocycles. The lowest BCUT2D eigenvalue weighted by molar-refractivity contribution is 0.253. The minimum atomic E-state index is -2.92. The zero-order chi connectivity index (χ0) is 21.1. The largest absolute Gasteiger partial charge is 0.369 e. The summed E-state index contributed by atoms with van der Waals surface area (Å²) in [7, 11) is -1.18. The van der Waals surface area contributed by atoms with E-state index < -0.39 is 9.84 Å². The van der Waals surface area contributed by atoms with Crippen molar-refractivity contribution in [3.05, 3.63) is 30.3 Å². The summed E-state index contributed by atoms with van der Waals surface area (Å²) in [6.45, 7) is 8.37. The molecule has 2 N–H and O–H groups in total. The van der Waals surface area contributed by atoms with Crippen LogP contribution in [0.2, 0.25) is 0 Å². The van der Waals surface area contributed by atoms with E-state index in [1.165, 1.54) is 11.9 Å². The third-order valence-electron chi connectivity index (χ3n) is 5.22. The Bertz CT molecular complexity index is 722. The number of hydrogen-bond acceptors (Lipinski definition) is 5. The van der Waals surface area contributed by atoms with Crippen LogP contribution in [0.4, 0.5) is 5.69 Å². The van der Waals surface area contributed by atoms with Gasteiger partial charge >= 0.3 is 0 Å². The van der Waals surface area contributed by atoms with Crippen molar-refractivity contribution in [3.8, 4) is 0 Å². The number of rotatable bonds is 10. The van der Waals surface area contributed by atoms with E-state index in [0.717, 1.165) is 58.1 Å². The number of nitrogens with one attached hydrogen (secondary N) is 2. The second-order valence-corrected chi connectivity index (χ2v) is 10.1. The molecule has 1 saturated heterocycles. The van der Waals surface area contributed by atoms with E-state index in [-0.39, 0.29) is 35.8 Å². The summed E-state index contributed by atoms with van der Waals surface area (Å²) in [6, 6.07) is 10.7. The van der Waals surface area contributed by atoms with Crippen LogP contribution in [0.15, 0.2) is 35.3 Å². The summed E-state index contributed by atoms with van der Waals surface area (Å²) in [5.41, 5.74) is 1.32. The topological polar surface area (TPSA) is 77.0 Å². The lowest BCUT2D eigenvalue weighted by Gasteiger charge is -2.36. The summed E-state index contributed by atoms with van der Waals surface area (Å²) < 4.78 is 22.6. The summed E-state index contributed by atoms with van der Waals surface area (Å²) in [5.74, 6) is 0.929. The predicted octanol–water partition coefficient (Wildman–Crippen LogP) is 2.19. The van der Waals surface area contributed by atoms with E-state index in [4.69, 9.17) is 0 Å². The molecule has 0 radical (unpaired) electrons. The number of hydrogen-bond donors (Lipinski definition) is 2. The predicted molar refractivity (Wildman–Crippen MR) is 138 cm³/mol. The maximum absolute atomic E-state index is 11.3. The minimum absolute atomic E-state index is 0. The summed E-state index contributed by atoms with van der Waals surface area (Å²) in [4.78, 5) is 9.22. The van der Waals surface area contributed by atoms with Gasteiger partial charge in [0.15, 0.2) is 5.96 Å². The molecule has 1 aliphatic rings. The standard InChI is InChI=1S/C21H37N5O2S.HI/c1-19(11-18-29(3,27)28)24-21(22-2)23-12-7-8-13-25-14-16-26(17-15-25)20-9-5-4-6-10-20;/h4-6,9-10,19H,7-8,11-18H2,1-3H3,(H2,22,23,24);1H. The molecule has 1 heterocycles. The van der Waals surface area contributed by atoms with Gasteiger partial charge in [-0.25, -0.2) is 8.42 Å². The monoisotopic (exact) mass is 551 g/mol. The molecule has 2 rings (SSSR count). The molecule has 9 heteroatoms. The van der Waals surface area contributed by atoms with Crippen LogP contribution in [0.3, 0.4) is 0 Å². The molecular formula is C21H38IN5O2S. The molecule has 7 nitrogen and oxygen atoms in total. The van der Waals surface area contributed by atoms with E-state index in [9.17, 15) is 8.42 Å².